The van der Waals surface area contributed by atoms with Crippen LogP contribution in [0.2, 0.25) is 0 Å². The molecule has 0 amide bonds. The normalized spacial score (nSPS) is 17.1. The highest BCUT2D eigenvalue weighted by molar-refractivity contribution is 5.77. The number of aliphatic imine (C=N–C) groups is 1. The van der Waals surface area contributed by atoms with Crippen molar-refractivity contribution in [2.75, 3.05) is 39.4 Å². The van der Waals surface area contributed by atoms with Gasteiger partial charge >= 0.3 is 0 Å². The van der Waals surface area contributed by atoms with Gasteiger partial charge in [0.1, 0.15) is 11.5 Å². The van der Waals surface area contributed by atoms with Crippen LogP contribution in [0.1, 0.15) is 23.5 Å². The fraction of sp³-hybridized carbons (Fsp3) is 0.667. The molecule has 118 valence electrons. The number of nitrogens with zero attached hydrogens (tertiary/aromatic N) is 2. The second-order valence-electron chi connectivity index (χ2n) is 5.37. The van der Waals surface area contributed by atoms with Crippen molar-refractivity contribution in [1.82, 2.24) is 10.2 Å². The Bertz CT molecular complexity index is 464. The van der Waals surface area contributed by atoms with Crippen molar-refractivity contribution in [1.29, 1.82) is 0 Å². The van der Waals surface area contributed by atoms with Gasteiger partial charge < -0.3 is 20.2 Å². The highest BCUT2D eigenvalue weighted by Gasteiger charge is 2.09. The number of guanidine groups is 1. The Kier molecular flexibility index (Phi) is 6.07. The van der Waals surface area contributed by atoms with Crippen LogP contribution in [-0.4, -0.2) is 50.3 Å². The first-order valence-corrected chi connectivity index (χ1v) is 7.55. The van der Waals surface area contributed by atoms with Gasteiger partial charge in [0.05, 0.1) is 19.8 Å². The molecule has 1 aromatic rings. The number of furan rings is 1. The zero-order valence-corrected chi connectivity index (χ0v) is 13.0. The number of aryl methyl sites for hydroxylation is 2. The first-order chi connectivity index (χ1) is 10.1. The van der Waals surface area contributed by atoms with Crippen molar-refractivity contribution in [3.63, 3.8) is 0 Å². The van der Waals surface area contributed by atoms with E-state index >= 15 is 0 Å². The van der Waals surface area contributed by atoms with E-state index in [1.807, 2.05) is 19.9 Å². The molecule has 1 aliphatic rings. The molecule has 3 N–H and O–H groups in total. The van der Waals surface area contributed by atoms with Crippen LogP contribution in [0.25, 0.3) is 0 Å². The van der Waals surface area contributed by atoms with Gasteiger partial charge in [-0.2, -0.15) is 0 Å². The van der Waals surface area contributed by atoms with E-state index in [4.69, 9.17) is 14.9 Å². The van der Waals surface area contributed by atoms with Crippen LogP contribution in [-0.2, 0) is 11.3 Å². The Hall–Kier alpha value is -1.53. The molecule has 6 nitrogen and oxygen atoms in total. The number of nitrogens with two attached hydrogens (primary N) is 1. The summed E-state index contributed by atoms with van der Waals surface area (Å²) >= 11 is 0. The number of hydrogen-bond donors (Lipinski definition) is 2. The lowest BCUT2D eigenvalue weighted by molar-refractivity contribution is 0.0376. The third kappa shape index (κ3) is 5.40. The summed E-state index contributed by atoms with van der Waals surface area (Å²) in [5, 5.41) is 3.16. The Morgan fingerprint density at radius 3 is 2.81 bits per heavy atom. The largest absolute Gasteiger partial charge is 0.466 e. The van der Waals surface area contributed by atoms with Gasteiger partial charge in [-0.15, -0.1) is 0 Å². The first-order valence-electron chi connectivity index (χ1n) is 7.55. The van der Waals surface area contributed by atoms with Crippen molar-refractivity contribution in [2.45, 2.75) is 26.8 Å². The van der Waals surface area contributed by atoms with Crippen LogP contribution >= 0.6 is 0 Å². The Morgan fingerprint density at radius 2 is 2.14 bits per heavy atom. The van der Waals surface area contributed by atoms with Crippen molar-refractivity contribution >= 4 is 5.96 Å². The molecule has 1 aliphatic heterocycles. The summed E-state index contributed by atoms with van der Waals surface area (Å²) < 4.78 is 10.8. The van der Waals surface area contributed by atoms with E-state index in [0.29, 0.717) is 12.5 Å². The van der Waals surface area contributed by atoms with Gasteiger partial charge in [0.25, 0.3) is 0 Å². The van der Waals surface area contributed by atoms with E-state index in [1.54, 1.807) is 0 Å². The molecule has 0 atom stereocenters. The van der Waals surface area contributed by atoms with E-state index in [-0.39, 0.29) is 0 Å². The van der Waals surface area contributed by atoms with Crippen LogP contribution in [0.4, 0.5) is 0 Å². The minimum atomic E-state index is 0.496. The minimum Gasteiger partial charge on any atom is -0.466 e. The van der Waals surface area contributed by atoms with Gasteiger partial charge in [-0.3, -0.25) is 4.90 Å². The van der Waals surface area contributed by atoms with E-state index in [2.05, 4.69) is 15.2 Å². The molecule has 6 heteroatoms. The number of rotatable bonds is 6. The zero-order chi connectivity index (χ0) is 15.1. The molecule has 1 aromatic heterocycles. The molecule has 0 aliphatic carbocycles. The van der Waals surface area contributed by atoms with E-state index < -0.39 is 0 Å². The third-order valence-electron chi connectivity index (χ3n) is 3.62. The average Bonchev–Trinajstić information content (AvgIpc) is 2.80. The predicted octanol–water partition coefficient (Wildman–Crippen LogP) is 1.02. The fourth-order valence-corrected chi connectivity index (χ4v) is 2.41. The smallest absolute Gasteiger partial charge is 0.188 e. The lowest BCUT2D eigenvalue weighted by atomic mass is 10.2. The Labute approximate surface area is 126 Å². The topological polar surface area (TPSA) is 76.0 Å². The summed E-state index contributed by atoms with van der Waals surface area (Å²) in [5.41, 5.74) is 6.96. The molecule has 0 bridgehead atoms. The van der Waals surface area contributed by atoms with Gasteiger partial charge in [0.2, 0.25) is 0 Å². The SMILES string of the molecule is Cc1cc(CN=C(N)NCCCN2CCOCC2)c(C)o1. The van der Waals surface area contributed by atoms with E-state index in [9.17, 15) is 0 Å². The molecular formula is C15H26N4O2. The van der Waals surface area contributed by atoms with Crippen molar-refractivity contribution in [3.8, 4) is 0 Å². The monoisotopic (exact) mass is 294 g/mol. The zero-order valence-electron chi connectivity index (χ0n) is 13.0. The number of ether oxygens (including phenoxy) is 1. The average molecular weight is 294 g/mol. The molecule has 0 spiro atoms. The van der Waals surface area contributed by atoms with Gasteiger partial charge in [0.15, 0.2) is 5.96 Å². The van der Waals surface area contributed by atoms with Gasteiger partial charge in [-0.05, 0) is 32.9 Å². The standard InChI is InChI=1S/C15H26N4O2/c1-12-10-14(13(2)21-12)11-18-15(16)17-4-3-5-19-6-8-20-9-7-19/h10H,3-9,11H2,1-2H3,(H3,16,17,18). The van der Waals surface area contributed by atoms with Crippen LogP contribution in [0.5, 0.6) is 0 Å². The second-order valence-corrected chi connectivity index (χ2v) is 5.37. The number of hydrogen-bond acceptors (Lipinski definition) is 4. The maximum Gasteiger partial charge on any atom is 0.188 e. The van der Waals surface area contributed by atoms with Gasteiger partial charge in [-0.25, -0.2) is 4.99 Å². The first kappa shape index (κ1) is 15.9. The molecule has 0 unspecified atom stereocenters. The molecule has 0 radical (unpaired) electrons. The summed E-state index contributed by atoms with van der Waals surface area (Å²) in [4.78, 5) is 6.76. The van der Waals surface area contributed by atoms with Crippen molar-refractivity contribution in [3.05, 3.63) is 23.2 Å². The molecule has 21 heavy (non-hydrogen) atoms. The van der Waals surface area contributed by atoms with E-state index in [1.165, 1.54) is 0 Å². The van der Waals surface area contributed by atoms with Crippen molar-refractivity contribution < 1.29 is 9.15 Å². The van der Waals surface area contributed by atoms with Gasteiger partial charge in [0, 0.05) is 25.2 Å². The minimum absolute atomic E-state index is 0.496. The van der Waals surface area contributed by atoms with E-state index in [0.717, 1.165) is 62.9 Å². The number of nitrogens with one attached hydrogen (secondary N) is 1. The molecule has 1 saturated heterocycles. The Morgan fingerprint density at radius 1 is 1.38 bits per heavy atom. The summed E-state index contributed by atoms with van der Waals surface area (Å²) in [6, 6.07) is 2.00. The highest BCUT2D eigenvalue weighted by Crippen LogP contribution is 2.14. The Balaban J connectivity index is 1.63. The van der Waals surface area contributed by atoms with Gasteiger partial charge in [-0.1, -0.05) is 0 Å². The van der Waals surface area contributed by atoms with Crippen molar-refractivity contribution in [2.24, 2.45) is 10.7 Å². The lowest BCUT2D eigenvalue weighted by Crippen LogP contribution is -2.39. The van der Waals surface area contributed by atoms with Crippen LogP contribution in [0, 0.1) is 13.8 Å². The van der Waals surface area contributed by atoms with Crippen LogP contribution in [0.15, 0.2) is 15.5 Å². The van der Waals surface area contributed by atoms with Crippen LogP contribution in [0.3, 0.4) is 0 Å². The molecule has 1 fully saturated rings. The summed E-state index contributed by atoms with van der Waals surface area (Å²) in [7, 11) is 0. The maximum atomic E-state index is 5.87. The van der Waals surface area contributed by atoms with Crippen LogP contribution < -0.4 is 11.1 Å². The summed E-state index contributed by atoms with van der Waals surface area (Å²) in [6.07, 6.45) is 1.06. The molecule has 2 heterocycles. The molecule has 2 rings (SSSR count). The maximum absolute atomic E-state index is 5.87. The predicted molar refractivity (Wildman–Crippen MR) is 83.4 cm³/mol. The second kappa shape index (κ2) is 8.05. The highest BCUT2D eigenvalue weighted by atomic mass is 16.5. The molecule has 0 saturated carbocycles. The lowest BCUT2D eigenvalue weighted by Gasteiger charge is -2.26. The molecular weight excluding hydrogens is 268 g/mol. The summed E-state index contributed by atoms with van der Waals surface area (Å²) in [6.45, 7) is 10.1. The third-order valence-corrected chi connectivity index (χ3v) is 3.62. The number of morpholine rings is 1. The molecule has 0 aromatic carbocycles. The fourth-order valence-electron chi connectivity index (χ4n) is 2.41. The summed E-state index contributed by atoms with van der Waals surface area (Å²) in [5.74, 6) is 2.32. The quantitative estimate of drug-likeness (QED) is 0.465.